The number of carbonyl (C=O) groups is 2. The van der Waals surface area contributed by atoms with Crippen molar-refractivity contribution in [2.75, 3.05) is 54.7 Å². The predicted octanol–water partition coefficient (Wildman–Crippen LogP) is 3.52. The molecule has 3 aromatic heterocycles. The van der Waals surface area contributed by atoms with Crippen molar-refractivity contribution in [3.05, 3.63) is 81.8 Å². The number of hydrogen-bond donors (Lipinski definition) is 5. The summed E-state index contributed by atoms with van der Waals surface area (Å²) in [4.78, 5) is 38.3. The zero-order valence-corrected chi connectivity index (χ0v) is 28.3. The molecule has 0 bridgehead atoms. The number of carboxylic acids is 1. The van der Waals surface area contributed by atoms with E-state index in [0.717, 1.165) is 54.9 Å². The van der Waals surface area contributed by atoms with Crippen LogP contribution in [0.25, 0.3) is 0 Å². The van der Waals surface area contributed by atoms with Crippen molar-refractivity contribution in [1.29, 1.82) is 0 Å². The summed E-state index contributed by atoms with van der Waals surface area (Å²) >= 11 is 2.62. The molecule has 0 unspecified atom stereocenters. The number of hydrogen-bond acceptors (Lipinski definition) is 12. The highest BCUT2D eigenvalue weighted by Gasteiger charge is 2.25. The first-order chi connectivity index (χ1) is 22.7. The molecule has 1 fully saturated rings. The minimum Gasteiger partial charge on any atom is -0.480 e. The number of pyridine rings is 1. The maximum Gasteiger partial charge on any atom is 0.326 e. The lowest BCUT2D eigenvalue weighted by atomic mass is 10.1. The van der Waals surface area contributed by atoms with Crippen molar-refractivity contribution in [3.8, 4) is 0 Å². The Morgan fingerprint density at radius 1 is 1.06 bits per heavy atom. The Kier molecular flexibility index (Phi) is 11.8. The number of amides is 1. The van der Waals surface area contributed by atoms with E-state index in [-0.39, 0.29) is 21.9 Å². The number of aromatic nitrogens is 2. The summed E-state index contributed by atoms with van der Waals surface area (Å²) in [5.41, 5.74) is 2.79. The maximum absolute atomic E-state index is 13.3. The van der Waals surface area contributed by atoms with Crippen LogP contribution in [-0.4, -0.2) is 86.1 Å². The molecule has 0 saturated carbocycles. The van der Waals surface area contributed by atoms with E-state index in [2.05, 4.69) is 35.5 Å². The molecule has 0 aliphatic carbocycles. The van der Waals surface area contributed by atoms with Crippen molar-refractivity contribution in [2.45, 2.75) is 36.9 Å². The van der Waals surface area contributed by atoms with Crippen LogP contribution in [-0.2, 0) is 27.9 Å². The highest BCUT2D eigenvalue weighted by atomic mass is 32.2. The first kappa shape index (κ1) is 34.3. The molecular weight excluding hydrogens is 661 g/mol. The number of nitrogens with one attached hydrogen (secondary N) is 4. The van der Waals surface area contributed by atoms with Gasteiger partial charge in [-0.1, -0.05) is 6.07 Å². The van der Waals surface area contributed by atoms with Gasteiger partial charge in [-0.15, -0.1) is 22.7 Å². The second kappa shape index (κ2) is 16.1. The predicted molar refractivity (Wildman–Crippen MR) is 185 cm³/mol. The SMILES string of the molecule is CNCCC[C@H](NC(=O)c1sccc1NS(=O)(=O)c1cccc(NCc2csc(N3CCN(Cc4ccncc4)CC3)n2)c1)C(=O)O. The number of benzene rings is 1. The van der Waals surface area contributed by atoms with Crippen LogP contribution in [0.1, 0.15) is 33.8 Å². The van der Waals surface area contributed by atoms with Gasteiger partial charge in [0.05, 0.1) is 22.8 Å². The molecule has 13 nitrogen and oxygen atoms in total. The fraction of sp³-hybridized carbons (Fsp3) is 0.355. The van der Waals surface area contributed by atoms with Gasteiger partial charge in [0.15, 0.2) is 5.13 Å². The lowest BCUT2D eigenvalue weighted by Gasteiger charge is -2.34. The number of thiazole rings is 1. The molecule has 1 aliphatic heterocycles. The Bertz CT molecular complexity index is 1740. The number of nitrogens with zero attached hydrogens (tertiary/aromatic N) is 4. The first-order valence-corrected chi connectivity index (χ1v) is 18.4. The van der Waals surface area contributed by atoms with Gasteiger partial charge in [-0.25, -0.2) is 18.2 Å². The van der Waals surface area contributed by atoms with Gasteiger partial charge in [0.2, 0.25) is 0 Å². The van der Waals surface area contributed by atoms with Crippen molar-refractivity contribution in [2.24, 2.45) is 0 Å². The van der Waals surface area contributed by atoms with Crippen LogP contribution in [0.2, 0.25) is 0 Å². The van der Waals surface area contributed by atoms with Crippen molar-refractivity contribution in [3.63, 3.8) is 0 Å². The second-order valence-electron chi connectivity index (χ2n) is 11.0. The fourth-order valence-corrected chi connectivity index (χ4v) is 7.88. The zero-order valence-electron chi connectivity index (χ0n) is 25.9. The molecule has 0 radical (unpaired) electrons. The van der Waals surface area contributed by atoms with E-state index in [1.165, 1.54) is 23.8 Å². The van der Waals surface area contributed by atoms with Gasteiger partial charge in [-0.2, -0.15) is 0 Å². The van der Waals surface area contributed by atoms with Gasteiger partial charge >= 0.3 is 5.97 Å². The van der Waals surface area contributed by atoms with E-state index < -0.39 is 27.9 Å². The average molecular weight is 699 g/mol. The van der Waals surface area contributed by atoms with E-state index in [0.29, 0.717) is 25.2 Å². The van der Waals surface area contributed by atoms with Gasteiger partial charge in [-0.3, -0.25) is 19.4 Å². The van der Waals surface area contributed by atoms with Gasteiger partial charge in [0, 0.05) is 56.2 Å². The van der Waals surface area contributed by atoms with Crippen molar-refractivity contribution in [1.82, 2.24) is 25.5 Å². The summed E-state index contributed by atoms with van der Waals surface area (Å²) in [6.45, 7) is 5.61. The second-order valence-corrected chi connectivity index (χ2v) is 14.4. The number of sulfonamides is 1. The van der Waals surface area contributed by atoms with Crippen LogP contribution in [0.15, 0.2) is 70.5 Å². The summed E-state index contributed by atoms with van der Waals surface area (Å²) in [6.07, 6.45) is 4.43. The van der Waals surface area contributed by atoms with Crippen molar-refractivity contribution >= 4 is 61.1 Å². The third-order valence-electron chi connectivity index (χ3n) is 7.59. The molecule has 1 amide bonds. The molecule has 4 aromatic rings. The fourth-order valence-electron chi connectivity index (χ4n) is 5.07. The summed E-state index contributed by atoms with van der Waals surface area (Å²) in [7, 11) is -2.30. The number of piperazine rings is 1. The highest BCUT2D eigenvalue weighted by molar-refractivity contribution is 7.92. The summed E-state index contributed by atoms with van der Waals surface area (Å²) in [5.74, 6) is -1.80. The van der Waals surface area contributed by atoms with Gasteiger partial charge < -0.3 is 26.0 Å². The summed E-state index contributed by atoms with van der Waals surface area (Å²) in [6, 6.07) is 10.9. The normalized spacial score (nSPS) is 14.4. The van der Waals surface area contributed by atoms with Gasteiger partial charge in [0.1, 0.15) is 10.9 Å². The number of aliphatic carboxylic acids is 1. The third-order valence-corrected chi connectivity index (χ3v) is 10.8. The maximum atomic E-state index is 13.3. The first-order valence-electron chi connectivity index (χ1n) is 15.1. The van der Waals surface area contributed by atoms with Crippen LogP contribution in [0.5, 0.6) is 0 Å². The van der Waals surface area contributed by atoms with Crippen molar-refractivity contribution < 1.29 is 23.1 Å². The molecule has 0 spiro atoms. The monoisotopic (exact) mass is 698 g/mol. The minimum absolute atomic E-state index is 0.0131. The number of thiophene rings is 1. The van der Waals surface area contributed by atoms with Crippen LogP contribution >= 0.6 is 22.7 Å². The van der Waals surface area contributed by atoms with Crippen LogP contribution in [0.4, 0.5) is 16.5 Å². The topological polar surface area (TPSA) is 169 Å². The number of anilines is 3. The largest absolute Gasteiger partial charge is 0.480 e. The number of carbonyl (C=O) groups excluding carboxylic acids is 1. The van der Waals surface area contributed by atoms with Crippen LogP contribution < -0.4 is 25.6 Å². The molecule has 4 heterocycles. The molecule has 1 aliphatic rings. The molecular formula is C31H38N8O5S3. The van der Waals surface area contributed by atoms with E-state index in [1.807, 2.05) is 29.9 Å². The molecule has 5 N–H and O–H groups in total. The quantitative estimate of drug-likeness (QED) is 0.109. The average Bonchev–Trinajstić information content (AvgIpc) is 3.74. The van der Waals surface area contributed by atoms with E-state index in [1.54, 1.807) is 35.9 Å². The van der Waals surface area contributed by atoms with Crippen LogP contribution in [0, 0.1) is 0 Å². The molecule has 1 aromatic carbocycles. The Morgan fingerprint density at radius 2 is 1.85 bits per heavy atom. The molecule has 1 saturated heterocycles. The summed E-state index contributed by atoms with van der Waals surface area (Å²) in [5, 5.41) is 22.8. The van der Waals surface area contributed by atoms with Gasteiger partial charge in [-0.05, 0) is 73.8 Å². The van der Waals surface area contributed by atoms with E-state index >= 15 is 0 Å². The van der Waals surface area contributed by atoms with Crippen LogP contribution in [0.3, 0.4) is 0 Å². The van der Waals surface area contributed by atoms with E-state index in [9.17, 15) is 23.1 Å². The molecule has 250 valence electrons. The molecule has 16 heteroatoms. The lowest BCUT2D eigenvalue weighted by Crippen LogP contribution is -2.45. The Balaban J connectivity index is 1.15. The Morgan fingerprint density at radius 3 is 2.60 bits per heavy atom. The summed E-state index contributed by atoms with van der Waals surface area (Å²) < 4.78 is 29.1. The molecule has 1 atom stereocenters. The number of rotatable bonds is 16. The lowest BCUT2D eigenvalue weighted by molar-refractivity contribution is -0.139. The Hall–Kier alpha value is -4.09. The van der Waals surface area contributed by atoms with Gasteiger partial charge in [0.25, 0.3) is 15.9 Å². The standard InChI is InChI=1S/C31H38N8O5S3/c1-32-10-3-6-27(30(41)42)36-29(40)28-26(9-17-45-28)37-47(43,44)25-5-2-4-23(18-25)34-19-24-21-46-31(35-24)39-15-13-38(14-16-39)20-22-7-11-33-12-8-22/h2,4-5,7-9,11-12,17-18,21,27,32,34,37H,3,6,10,13-16,19-20H2,1H3,(H,36,40)(H,41,42)/t27-/m0/s1. The van der Waals surface area contributed by atoms with E-state index in [4.69, 9.17) is 4.98 Å². The third kappa shape index (κ3) is 9.48. The smallest absolute Gasteiger partial charge is 0.326 e. The highest BCUT2D eigenvalue weighted by Crippen LogP contribution is 2.27. The zero-order chi connectivity index (χ0) is 33.2. The molecule has 47 heavy (non-hydrogen) atoms. The number of carboxylic acid groups (broad SMARTS) is 1. The molecule has 5 rings (SSSR count). The Labute approximate surface area is 282 Å². The minimum atomic E-state index is -4.06.